The van der Waals surface area contributed by atoms with Crippen LogP contribution in [-0.2, 0) is 16.0 Å². The highest BCUT2D eigenvalue weighted by molar-refractivity contribution is 5.86. The maximum absolute atomic E-state index is 12.9. The first kappa shape index (κ1) is 18.7. The van der Waals surface area contributed by atoms with E-state index in [1.807, 2.05) is 42.5 Å². The molecule has 2 amide bonds. The van der Waals surface area contributed by atoms with E-state index in [0.717, 1.165) is 23.1 Å². The molecule has 2 heterocycles. The zero-order valence-electron chi connectivity index (χ0n) is 15.9. The number of piperidine rings is 2. The van der Waals surface area contributed by atoms with Crippen molar-refractivity contribution >= 4 is 11.8 Å². The van der Waals surface area contributed by atoms with E-state index in [0.29, 0.717) is 38.9 Å². The molecule has 2 N–H and O–H groups in total. The first-order valence-electron chi connectivity index (χ1n) is 9.97. The SMILES string of the molecule is O=C(Cc1ccc(-c2ccccc2)cc1)N1CC[C@@H](O)[C@@]2(CCCNC2=O)C1. The summed E-state index contributed by atoms with van der Waals surface area (Å²) in [7, 11) is 0. The highest BCUT2D eigenvalue weighted by Gasteiger charge is 2.50. The maximum Gasteiger partial charge on any atom is 0.230 e. The van der Waals surface area contributed by atoms with Gasteiger partial charge >= 0.3 is 0 Å². The molecule has 2 aromatic carbocycles. The second-order valence-corrected chi connectivity index (χ2v) is 7.88. The summed E-state index contributed by atoms with van der Waals surface area (Å²) >= 11 is 0. The number of aliphatic hydroxyl groups is 1. The van der Waals surface area contributed by atoms with Crippen molar-refractivity contribution in [3.05, 3.63) is 60.2 Å². The van der Waals surface area contributed by atoms with Crippen molar-refractivity contribution in [1.29, 1.82) is 0 Å². The number of amides is 2. The van der Waals surface area contributed by atoms with Crippen LogP contribution in [0.4, 0.5) is 0 Å². The molecule has 2 aliphatic heterocycles. The van der Waals surface area contributed by atoms with Crippen LogP contribution in [0.5, 0.6) is 0 Å². The topological polar surface area (TPSA) is 69.6 Å². The molecule has 0 aliphatic carbocycles. The van der Waals surface area contributed by atoms with Crippen molar-refractivity contribution in [3.63, 3.8) is 0 Å². The number of likely N-dealkylation sites (tertiary alicyclic amines) is 1. The monoisotopic (exact) mass is 378 g/mol. The Morgan fingerprint density at radius 2 is 1.82 bits per heavy atom. The average molecular weight is 378 g/mol. The lowest BCUT2D eigenvalue weighted by Crippen LogP contribution is -2.62. The highest BCUT2D eigenvalue weighted by Crippen LogP contribution is 2.37. The van der Waals surface area contributed by atoms with Gasteiger partial charge in [-0.3, -0.25) is 9.59 Å². The molecule has 0 bridgehead atoms. The molecule has 0 radical (unpaired) electrons. The molecule has 1 spiro atoms. The minimum Gasteiger partial charge on any atom is -0.392 e. The van der Waals surface area contributed by atoms with Crippen molar-refractivity contribution in [1.82, 2.24) is 10.2 Å². The smallest absolute Gasteiger partial charge is 0.230 e. The first-order valence-corrected chi connectivity index (χ1v) is 9.97. The zero-order valence-corrected chi connectivity index (χ0v) is 15.9. The van der Waals surface area contributed by atoms with Gasteiger partial charge in [-0.25, -0.2) is 0 Å². The molecule has 28 heavy (non-hydrogen) atoms. The van der Waals surface area contributed by atoms with Gasteiger partial charge in [0.15, 0.2) is 0 Å². The van der Waals surface area contributed by atoms with Crippen molar-refractivity contribution in [2.45, 2.75) is 31.8 Å². The van der Waals surface area contributed by atoms with Crippen LogP contribution in [-0.4, -0.2) is 47.6 Å². The molecule has 2 aliphatic rings. The third-order valence-electron chi connectivity index (χ3n) is 6.09. The molecule has 5 nitrogen and oxygen atoms in total. The molecule has 2 saturated heterocycles. The van der Waals surface area contributed by atoms with Gasteiger partial charge in [-0.1, -0.05) is 54.6 Å². The normalized spacial score (nSPS) is 24.8. The zero-order chi connectivity index (χ0) is 19.6. The average Bonchev–Trinajstić information content (AvgIpc) is 2.73. The lowest BCUT2D eigenvalue weighted by Gasteiger charge is -2.46. The third-order valence-corrected chi connectivity index (χ3v) is 6.09. The Hall–Kier alpha value is -2.66. The van der Waals surface area contributed by atoms with Crippen LogP contribution >= 0.6 is 0 Å². The van der Waals surface area contributed by atoms with Gasteiger partial charge in [0.2, 0.25) is 11.8 Å². The summed E-state index contributed by atoms with van der Waals surface area (Å²) in [5.41, 5.74) is 2.38. The Labute approximate surface area is 165 Å². The number of nitrogens with one attached hydrogen (secondary N) is 1. The molecule has 4 rings (SSSR count). The Morgan fingerprint density at radius 1 is 1.11 bits per heavy atom. The fraction of sp³-hybridized carbons (Fsp3) is 0.391. The van der Waals surface area contributed by atoms with E-state index in [1.165, 1.54) is 0 Å². The van der Waals surface area contributed by atoms with E-state index in [1.54, 1.807) is 4.90 Å². The molecule has 2 fully saturated rings. The van der Waals surface area contributed by atoms with Crippen LogP contribution < -0.4 is 5.32 Å². The lowest BCUT2D eigenvalue weighted by molar-refractivity contribution is -0.154. The molecule has 0 saturated carbocycles. The quantitative estimate of drug-likeness (QED) is 0.862. The van der Waals surface area contributed by atoms with E-state index in [9.17, 15) is 14.7 Å². The van der Waals surface area contributed by atoms with E-state index in [4.69, 9.17) is 0 Å². The van der Waals surface area contributed by atoms with Crippen LogP contribution in [0, 0.1) is 5.41 Å². The molecule has 5 heteroatoms. The highest BCUT2D eigenvalue weighted by atomic mass is 16.3. The third kappa shape index (κ3) is 3.54. The largest absolute Gasteiger partial charge is 0.392 e. The van der Waals surface area contributed by atoms with Gasteiger partial charge in [0.05, 0.1) is 17.9 Å². The van der Waals surface area contributed by atoms with E-state index in [-0.39, 0.29) is 11.8 Å². The summed E-state index contributed by atoms with van der Waals surface area (Å²) in [5, 5.41) is 13.4. The predicted molar refractivity (Wildman–Crippen MR) is 107 cm³/mol. The van der Waals surface area contributed by atoms with E-state index < -0.39 is 11.5 Å². The summed E-state index contributed by atoms with van der Waals surface area (Å²) in [4.78, 5) is 27.1. The van der Waals surface area contributed by atoms with E-state index >= 15 is 0 Å². The number of carbonyl (C=O) groups excluding carboxylic acids is 2. The Balaban J connectivity index is 1.44. The molecule has 0 aromatic heterocycles. The minimum absolute atomic E-state index is 0.0112. The number of nitrogens with zero attached hydrogens (tertiary/aromatic N) is 1. The van der Waals surface area contributed by atoms with Gasteiger partial charge in [-0.2, -0.15) is 0 Å². The van der Waals surface area contributed by atoms with Crippen molar-refractivity contribution in [3.8, 4) is 11.1 Å². The van der Waals surface area contributed by atoms with Gasteiger partial charge in [-0.05, 0) is 36.0 Å². The number of rotatable bonds is 3. The Kier molecular flexibility index (Phi) is 5.18. The van der Waals surface area contributed by atoms with Crippen molar-refractivity contribution in [2.75, 3.05) is 19.6 Å². The number of hydrogen-bond acceptors (Lipinski definition) is 3. The fourth-order valence-corrected chi connectivity index (χ4v) is 4.39. The van der Waals surface area contributed by atoms with Crippen molar-refractivity contribution < 1.29 is 14.7 Å². The van der Waals surface area contributed by atoms with Crippen LogP contribution in [0.1, 0.15) is 24.8 Å². The molecule has 2 atom stereocenters. The molecular weight excluding hydrogens is 352 g/mol. The number of benzene rings is 2. The lowest BCUT2D eigenvalue weighted by atomic mass is 9.71. The fourth-order valence-electron chi connectivity index (χ4n) is 4.39. The second kappa shape index (κ2) is 7.76. The predicted octanol–water partition coefficient (Wildman–Crippen LogP) is 2.39. The van der Waals surface area contributed by atoms with Gasteiger partial charge in [0.25, 0.3) is 0 Å². The molecular formula is C23H26N2O3. The summed E-state index contributed by atoms with van der Waals surface area (Å²) < 4.78 is 0. The van der Waals surface area contributed by atoms with Gasteiger partial charge in [0, 0.05) is 19.6 Å². The number of aliphatic hydroxyl groups excluding tert-OH is 1. The summed E-state index contributed by atoms with van der Waals surface area (Å²) in [6.45, 7) is 1.45. The number of carbonyl (C=O) groups is 2. The number of hydrogen-bond donors (Lipinski definition) is 2. The van der Waals surface area contributed by atoms with Crippen LogP contribution in [0.2, 0.25) is 0 Å². The molecule has 146 valence electrons. The van der Waals surface area contributed by atoms with Crippen LogP contribution in [0.3, 0.4) is 0 Å². The summed E-state index contributed by atoms with van der Waals surface area (Å²) in [5.74, 6) is -0.104. The first-order chi connectivity index (χ1) is 13.6. The Morgan fingerprint density at radius 3 is 2.54 bits per heavy atom. The van der Waals surface area contributed by atoms with Gasteiger partial charge < -0.3 is 15.3 Å². The van der Waals surface area contributed by atoms with Crippen LogP contribution in [0.15, 0.2) is 54.6 Å². The summed E-state index contributed by atoms with van der Waals surface area (Å²) in [6, 6.07) is 18.2. The Bertz CT molecular complexity index is 850. The maximum atomic E-state index is 12.9. The molecule has 2 aromatic rings. The molecule has 0 unspecified atom stereocenters. The van der Waals surface area contributed by atoms with Gasteiger partial charge in [0.1, 0.15) is 0 Å². The standard InChI is InChI=1S/C23H26N2O3/c26-20-11-14-25(16-23(20)12-4-13-24-22(23)28)21(27)15-17-7-9-19(10-8-17)18-5-2-1-3-6-18/h1-3,5-10,20,26H,4,11-16H2,(H,24,28)/t20-,23-/m1/s1. The van der Waals surface area contributed by atoms with Crippen molar-refractivity contribution in [2.24, 2.45) is 5.41 Å². The van der Waals surface area contributed by atoms with E-state index in [2.05, 4.69) is 17.4 Å². The second-order valence-electron chi connectivity index (χ2n) is 7.88. The van der Waals surface area contributed by atoms with Gasteiger partial charge in [-0.15, -0.1) is 0 Å². The van der Waals surface area contributed by atoms with Crippen LogP contribution in [0.25, 0.3) is 11.1 Å². The summed E-state index contributed by atoms with van der Waals surface area (Å²) in [6.07, 6.45) is 1.55. The minimum atomic E-state index is -0.844.